The van der Waals surface area contributed by atoms with Crippen molar-refractivity contribution in [1.29, 1.82) is 0 Å². The van der Waals surface area contributed by atoms with Gasteiger partial charge in [-0.15, -0.1) is 0 Å². The quantitative estimate of drug-likeness (QED) is 0.288. The molecule has 0 spiro atoms. The number of methoxy groups -OCH3 is 1. The highest BCUT2D eigenvalue weighted by molar-refractivity contribution is 9.10. The number of benzene rings is 3. The van der Waals surface area contributed by atoms with Crippen molar-refractivity contribution in [2.24, 2.45) is 0 Å². The van der Waals surface area contributed by atoms with E-state index in [1.165, 1.54) is 0 Å². The summed E-state index contributed by atoms with van der Waals surface area (Å²) in [5, 5.41) is 3.03. The van der Waals surface area contributed by atoms with E-state index in [2.05, 4.69) is 28.2 Å². The van der Waals surface area contributed by atoms with E-state index in [9.17, 15) is 9.59 Å². The molecule has 0 heterocycles. The molecular formula is C29H33BrN2O4. The first kappa shape index (κ1) is 27.3. The first-order valence-corrected chi connectivity index (χ1v) is 12.9. The maximum atomic E-state index is 13.6. The third-order valence-electron chi connectivity index (χ3n) is 5.76. The molecule has 0 saturated heterocycles. The summed E-state index contributed by atoms with van der Waals surface area (Å²) < 4.78 is 12.1. The molecule has 0 aromatic heterocycles. The number of rotatable bonds is 13. The van der Waals surface area contributed by atoms with E-state index in [0.29, 0.717) is 24.5 Å². The van der Waals surface area contributed by atoms with Crippen LogP contribution in [0.1, 0.15) is 30.9 Å². The highest BCUT2D eigenvalue weighted by Crippen LogP contribution is 2.26. The molecule has 190 valence electrons. The first-order valence-electron chi connectivity index (χ1n) is 12.1. The van der Waals surface area contributed by atoms with Crippen molar-refractivity contribution in [3.63, 3.8) is 0 Å². The summed E-state index contributed by atoms with van der Waals surface area (Å²) in [6, 6.07) is 24.0. The molecule has 0 aliphatic rings. The molecule has 1 N–H and O–H groups in total. The maximum Gasteiger partial charge on any atom is 0.261 e. The lowest BCUT2D eigenvalue weighted by atomic mass is 10.0. The standard InChI is InChI=1S/C29H33BrN2O4/c1-3-4-17-31-29(34)25(19-22-11-6-5-7-12-22)32(20-23-13-10-14-24(30)18-23)28(33)21-36-27-16-9-8-15-26(27)35-2/h5-16,18,25H,3-4,17,19-21H2,1-2H3,(H,31,34)/t25-/m1/s1. The summed E-state index contributed by atoms with van der Waals surface area (Å²) in [5.41, 5.74) is 1.89. The van der Waals surface area contributed by atoms with Gasteiger partial charge in [0.25, 0.3) is 5.91 Å². The van der Waals surface area contributed by atoms with Crippen LogP contribution in [0.5, 0.6) is 11.5 Å². The van der Waals surface area contributed by atoms with E-state index >= 15 is 0 Å². The molecule has 1 atom stereocenters. The number of hydrogen-bond acceptors (Lipinski definition) is 4. The highest BCUT2D eigenvalue weighted by atomic mass is 79.9. The summed E-state index contributed by atoms with van der Waals surface area (Å²) in [6.07, 6.45) is 2.24. The van der Waals surface area contributed by atoms with Crippen molar-refractivity contribution in [2.45, 2.75) is 38.8 Å². The zero-order valence-electron chi connectivity index (χ0n) is 20.8. The van der Waals surface area contributed by atoms with Crippen LogP contribution in [0.15, 0.2) is 83.3 Å². The number of carbonyl (C=O) groups is 2. The number of para-hydroxylation sites is 2. The van der Waals surface area contributed by atoms with Gasteiger partial charge >= 0.3 is 0 Å². The molecular weight excluding hydrogens is 520 g/mol. The summed E-state index contributed by atoms with van der Waals surface area (Å²) >= 11 is 3.51. The first-order chi connectivity index (χ1) is 17.5. The second-order valence-electron chi connectivity index (χ2n) is 8.44. The Morgan fingerprint density at radius 1 is 0.944 bits per heavy atom. The normalized spacial score (nSPS) is 11.4. The van der Waals surface area contributed by atoms with Crippen molar-refractivity contribution in [3.8, 4) is 11.5 Å². The zero-order valence-corrected chi connectivity index (χ0v) is 22.4. The molecule has 0 fully saturated rings. The zero-order chi connectivity index (χ0) is 25.8. The summed E-state index contributed by atoms with van der Waals surface area (Å²) in [4.78, 5) is 28.7. The summed E-state index contributed by atoms with van der Waals surface area (Å²) in [5.74, 6) is 0.560. The van der Waals surface area contributed by atoms with Crippen LogP contribution >= 0.6 is 15.9 Å². The van der Waals surface area contributed by atoms with Gasteiger partial charge in [0, 0.05) is 24.0 Å². The second kappa shape index (κ2) is 14.3. The van der Waals surface area contributed by atoms with Gasteiger partial charge in [0.2, 0.25) is 5.91 Å². The van der Waals surface area contributed by atoms with Gasteiger partial charge in [-0.1, -0.05) is 83.9 Å². The predicted molar refractivity (Wildman–Crippen MR) is 145 cm³/mol. The van der Waals surface area contributed by atoms with Crippen LogP contribution in [0.2, 0.25) is 0 Å². The molecule has 0 radical (unpaired) electrons. The largest absolute Gasteiger partial charge is 0.493 e. The molecule has 3 aromatic carbocycles. The van der Waals surface area contributed by atoms with Gasteiger partial charge in [0.1, 0.15) is 6.04 Å². The Labute approximate surface area is 221 Å². The molecule has 2 amide bonds. The Kier molecular flexibility index (Phi) is 10.8. The van der Waals surface area contributed by atoms with Crippen LogP contribution in [0.3, 0.4) is 0 Å². The molecule has 0 unspecified atom stereocenters. The average Bonchev–Trinajstić information content (AvgIpc) is 2.90. The third-order valence-corrected chi connectivity index (χ3v) is 6.26. The van der Waals surface area contributed by atoms with Crippen molar-refractivity contribution in [1.82, 2.24) is 10.2 Å². The van der Waals surface area contributed by atoms with E-state index in [-0.39, 0.29) is 25.0 Å². The highest BCUT2D eigenvalue weighted by Gasteiger charge is 2.30. The van der Waals surface area contributed by atoms with Crippen molar-refractivity contribution in [3.05, 3.63) is 94.5 Å². The van der Waals surface area contributed by atoms with Crippen molar-refractivity contribution >= 4 is 27.7 Å². The molecule has 7 heteroatoms. The van der Waals surface area contributed by atoms with Crippen LogP contribution in [0, 0.1) is 0 Å². The second-order valence-corrected chi connectivity index (χ2v) is 9.36. The van der Waals surface area contributed by atoms with Crippen molar-refractivity contribution < 1.29 is 19.1 Å². The Bertz CT molecular complexity index is 1120. The minimum Gasteiger partial charge on any atom is -0.493 e. The molecule has 36 heavy (non-hydrogen) atoms. The number of carbonyl (C=O) groups excluding carboxylic acids is 2. The fourth-order valence-corrected chi connectivity index (χ4v) is 4.30. The number of nitrogens with zero attached hydrogens (tertiary/aromatic N) is 1. The fourth-order valence-electron chi connectivity index (χ4n) is 3.85. The van der Waals surface area contributed by atoms with E-state index in [4.69, 9.17) is 9.47 Å². The van der Waals surface area contributed by atoms with E-state index in [1.807, 2.05) is 66.7 Å². The van der Waals surface area contributed by atoms with E-state index in [0.717, 1.165) is 28.4 Å². The SMILES string of the molecule is CCCCNC(=O)[C@@H](Cc1ccccc1)N(Cc1cccc(Br)c1)C(=O)COc1ccccc1OC. The van der Waals surface area contributed by atoms with E-state index in [1.54, 1.807) is 24.1 Å². The van der Waals surface area contributed by atoms with Gasteiger partial charge in [-0.3, -0.25) is 9.59 Å². The molecule has 3 aromatic rings. The lowest BCUT2D eigenvalue weighted by Crippen LogP contribution is -2.51. The number of unbranched alkanes of at least 4 members (excludes halogenated alkanes) is 1. The lowest BCUT2D eigenvalue weighted by molar-refractivity contribution is -0.142. The van der Waals surface area contributed by atoms with Gasteiger partial charge in [-0.2, -0.15) is 0 Å². The smallest absolute Gasteiger partial charge is 0.261 e. The van der Waals surface area contributed by atoms with Gasteiger partial charge in [-0.25, -0.2) is 0 Å². The topological polar surface area (TPSA) is 67.9 Å². The van der Waals surface area contributed by atoms with Crippen LogP contribution in [-0.2, 0) is 22.6 Å². The number of halogens is 1. The van der Waals surface area contributed by atoms with Crippen LogP contribution < -0.4 is 14.8 Å². The molecule has 6 nitrogen and oxygen atoms in total. The third kappa shape index (κ3) is 8.12. The Balaban J connectivity index is 1.90. The lowest BCUT2D eigenvalue weighted by Gasteiger charge is -2.31. The van der Waals surface area contributed by atoms with Crippen LogP contribution in [0.4, 0.5) is 0 Å². The van der Waals surface area contributed by atoms with Gasteiger partial charge in [0.15, 0.2) is 18.1 Å². The maximum absolute atomic E-state index is 13.6. The van der Waals surface area contributed by atoms with Crippen LogP contribution in [-0.4, -0.2) is 43.0 Å². The summed E-state index contributed by atoms with van der Waals surface area (Å²) in [7, 11) is 1.56. The van der Waals surface area contributed by atoms with Crippen LogP contribution in [0.25, 0.3) is 0 Å². The molecule has 0 aliphatic carbocycles. The minimum absolute atomic E-state index is 0.173. The molecule has 0 saturated carbocycles. The Hall–Kier alpha value is -3.32. The molecule has 3 rings (SSSR count). The number of nitrogens with one attached hydrogen (secondary N) is 1. The summed E-state index contributed by atoms with van der Waals surface area (Å²) in [6.45, 7) is 2.69. The number of ether oxygens (including phenoxy) is 2. The number of amides is 2. The molecule has 0 bridgehead atoms. The molecule has 0 aliphatic heterocycles. The minimum atomic E-state index is -0.697. The van der Waals surface area contributed by atoms with E-state index < -0.39 is 6.04 Å². The van der Waals surface area contributed by atoms with Gasteiger partial charge in [0.05, 0.1) is 7.11 Å². The Morgan fingerprint density at radius 3 is 2.33 bits per heavy atom. The Morgan fingerprint density at radius 2 is 1.64 bits per heavy atom. The fraction of sp³-hybridized carbons (Fsp3) is 0.310. The average molecular weight is 553 g/mol. The monoisotopic (exact) mass is 552 g/mol. The van der Waals surface area contributed by atoms with Crippen molar-refractivity contribution in [2.75, 3.05) is 20.3 Å². The number of hydrogen-bond donors (Lipinski definition) is 1. The van der Waals surface area contributed by atoms with Gasteiger partial charge < -0.3 is 19.7 Å². The van der Waals surface area contributed by atoms with Gasteiger partial charge in [-0.05, 0) is 41.8 Å². The predicted octanol–water partition coefficient (Wildman–Crippen LogP) is 5.39.